The van der Waals surface area contributed by atoms with E-state index in [0.29, 0.717) is 12.2 Å². The maximum atomic E-state index is 12.1. The van der Waals surface area contributed by atoms with Crippen LogP contribution in [-0.2, 0) is 16.1 Å². The van der Waals surface area contributed by atoms with Crippen LogP contribution in [0.3, 0.4) is 0 Å². The van der Waals surface area contributed by atoms with Gasteiger partial charge in [0.1, 0.15) is 0 Å². The summed E-state index contributed by atoms with van der Waals surface area (Å²) in [5, 5.41) is 10.5. The van der Waals surface area contributed by atoms with Gasteiger partial charge in [-0.1, -0.05) is 48.5 Å². The first-order valence-corrected chi connectivity index (χ1v) is 6.95. The van der Waals surface area contributed by atoms with Gasteiger partial charge in [0.25, 0.3) is 5.91 Å². The summed E-state index contributed by atoms with van der Waals surface area (Å²) in [6.07, 6.45) is 0. The molecule has 0 aliphatic heterocycles. The van der Waals surface area contributed by atoms with Crippen molar-refractivity contribution in [3.63, 3.8) is 0 Å². The molecule has 0 spiro atoms. The maximum absolute atomic E-state index is 12.1. The minimum Gasteiger partial charge on any atom is -0.350 e. The zero-order chi connectivity index (χ0) is 15.8. The van der Waals surface area contributed by atoms with Crippen molar-refractivity contribution in [3.8, 4) is 0 Å². The summed E-state index contributed by atoms with van der Waals surface area (Å²) < 4.78 is 0. The number of amides is 1. The summed E-state index contributed by atoms with van der Waals surface area (Å²) in [6, 6.07) is 17.3. The highest BCUT2D eigenvalue weighted by Crippen LogP contribution is 2.11. The second-order valence-corrected chi connectivity index (χ2v) is 4.77. The standard InChI is InChI=1S/C17H17N3O2/c1-13(21)16(20-19-15-10-6-3-7-11-15)17(22)18-12-14-8-4-2-5-9-14/h2-11,16H,12H2,1H3,(H,18,22). The third kappa shape index (κ3) is 4.63. The molecule has 0 saturated heterocycles. The van der Waals surface area contributed by atoms with Crippen LogP contribution in [0.1, 0.15) is 12.5 Å². The molecule has 22 heavy (non-hydrogen) atoms. The number of ketones is 1. The monoisotopic (exact) mass is 295 g/mol. The van der Waals surface area contributed by atoms with E-state index in [-0.39, 0.29) is 5.78 Å². The first-order valence-electron chi connectivity index (χ1n) is 6.95. The van der Waals surface area contributed by atoms with E-state index >= 15 is 0 Å². The van der Waals surface area contributed by atoms with Crippen LogP contribution in [0.5, 0.6) is 0 Å². The predicted molar refractivity (Wildman–Crippen MR) is 83.7 cm³/mol. The average Bonchev–Trinajstić information content (AvgIpc) is 2.55. The van der Waals surface area contributed by atoms with Gasteiger partial charge in [-0.05, 0) is 24.6 Å². The Balaban J connectivity index is 2.00. The molecule has 5 nitrogen and oxygen atoms in total. The third-order valence-corrected chi connectivity index (χ3v) is 2.99. The highest BCUT2D eigenvalue weighted by Gasteiger charge is 2.22. The van der Waals surface area contributed by atoms with Crippen LogP contribution in [0.2, 0.25) is 0 Å². The molecule has 5 heteroatoms. The minimum absolute atomic E-state index is 0.342. The molecule has 1 amide bonds. The molecule has 0 heterocycles. The number of azo groups is 1. The van der Waals surface area contributed by atoms with Gasteiger partial charge >= 0.3 is 0 Å². The van der Waals surface area contributed by atoms with Gasteiger partial charge in [0.05, 0.1) is 5.69 Å². The maximum Gasteiger partial charge on any atom is 0.254 e. The summed E-state index contributed by atoms with van der Waals surface area (Å²) in [5.74, 6) is -0.790. The highest BCUT2D eigenvalue weighted by atomic mass is 16.2. The SMILES string of the molecule is CC(=O)C(N=Nc1ccccc1)C(=O)NCc1ccccc1. The fourth-order valence-electron chi connectivity index (χ4n) is 1.82. The van der Waals surface area contributed by atoms with E-state index in [2.05, 4.69) is 15.5 Å². The van der Waals surface area contributed by atoms with Crippen molar-refractivity contribution < 1.29 is 9.59 Å². The molecule has 0 fully saturated rings. The van der Waals surface area contributed by atoms with Gasteiger partial charge in [0, 0.05) is 6.54 Å². The normalized spacial score (nSPS) is 12.0. The number of hydrogen-bond donors (Lipinski definition) is 1. The summed E-state index contributed by atoms with van der Waals surface area (Å²) in [5.41, 5.74) is 1.56. The Morgan fingerprint density at radius 1 is 1.00 bits per heavy atom. The number of carbonyl (C=O) groups is 2. The Morgan fingerprint density at radius 2 is 1.59 bits per heavy atom. The highest BCUT2D eigenvalue weighted by molar-refractivity contribution is 6.04. The molecule has 1 atom stereocenters. The lowest BCUT2D eigenvalue weighted by Crippen LogP contribution is -2.37. The van der Waals surface area contributed by atoms with Gasteiger partial charge in [-0.3, -0.25) is 9.59 Å². The molecule has 0 aromatic heterocycles. The molecule has 0 saturated carbocycles. The molecule has 0 bridgehead atoms. The number of hydrogen-bond acceptors (Lipinski definition) is 4. The van der Waals surface area contributed by atoms with Crippen LogP contribution in [-0.4, -0.2) is 17.7 Å². The molecule has 1 N–H and O–H groups in total. The van der Waals surface area contributed by atoms with E-state index in [9.17, 15) is 9.59 Å². The summed E-state index contributed by atoms with van der Waals surface area (Å²) in [4.78, 5) is 23.7. The van der Waals surface area contributed by atoms with Gasteiger partial charge < -0.3 is 5.32 Å². The second kappa shape index (κ2) is 7.83. The zero-order valence-electron chi connectivity index (χ0n) is 12.3. The van der Waals surface area contributed by atoms with Crippen molar-refractivity contribution >= 4 is 17.4 Å². The zero-order valence-corrected chi connectivity index (χ0v) is 12.3. The first kappa shape index (κ1) is 15.6. The second-order valence-electron chi connectivity index (χ2n) is 4.77. The Hall–Kier alpha value is -2.82. The van der Waals surface area contributed by atoms with E-state index < -0.39 is 11.9 Å². The molecule has 0 radical (unpaired) electrons. The molecule has 2 aromatic carbocycles. The van der Waals surface area contributed by atoms with Crippen LogP contribution < -0.4 is 5.32 Å². The topological polar surface area (TPSA) is 70.9 Å². The number of Topliss-reactive ketones (excluding diaryl/α,β-unsaturated/α-hetero) is 1. The van der Waals surface area contributed by atoms with Crippen LogP contribution in [0.25, 0.3) is 0 Å². The Labute approximate surface area is 129 Å². The lowest BCUT2D eigenvalue weighted by Gasteiger charge is -2.09. The van der Waals surface area contributed by atoms with Gasteiger partial charge in [-0.25, -0.2) is 0 Å². The van der Waals surface area contributed by atoms with Crippen LogP contribution in [0.15, 0.2) is 70.9 Å². The number of rotatable bonds is 6. The van der Waals surface area contributed by atoms with Gasteiger partial charge in [-0.15, -0.1) is 0 Å². The first-order chi connectivity index (χ1) is 10.7. The van der Waals surface area contributed by atoms with E-state index in [1.165, 1.54) is 6.92 Å². The molecular weight excluding hydrogens is 278 g/mol. The molecule has 0 aliphatic rings. The van der Waals surface area contributed by atoms with E-state index in [4.69, 9.17) is 0 Å². The number of nitrogens with zero attached hydrogens (tertiary/aromatic N) is 2. The molecule has 2 rings (SSSR count). The van der Waals surface area contributed by atoms with Crippen LogP contribution >= 0.6 is 0 Å². The van der Waals surface area contributed by atoms with Crippen molar-refractivity contribution in [1.82, 2.24) is 5.32 Å². The summed E-state index contributed by atoms with van der Waals surface area (Å²) >= 11 is 0. The van der Waals surface area contributed by atoms with Crippen molar-refractivity contribution in [2.24, 2.45) is 10.2 Å². The predicted octanol–water partition coefficient (Wildman–Crippen LogP) is 3.04. The van der Waals surface area contributed by atoms with Gasteiger partial charge in [-0.2, -0.15) is 10.2 Å². The van der Waals surface area contributed by atoms with Crippen LogP contribution in [0.4, 0.5) is 5.69 Å². The molecular formula is C17H17N3O2. The van der Waals surface area contributed by atoms with E-state index in [1.54, 1.807) is 12.1 Å². The third-order valence-electron chi connectivity index (χ3n) is 2.99. The van der Waals surface area contributed by atoms with Crippen LogP contribution in [0, 0.1) is 0 Å². The minimum atomic E-state index is -1.12. The Morgan fingerprint density at radius 3 is 2.18 bits per heavy atom. The van der Waals surface area contributed by atoms with Crippen molar-refractivity contribution in [2.75, 3.05) is 0 Å². The van der Waals surface area contributed by atoms with Crippen molar-refractivity contribution in [2.45, 2.75) is 19.5 Å². The molecule has 0 aliphatic carbocycles. The van der Waals surface area contributed by atoms with E-state index in [0.717, 1.165) is 5.56 Å². The summed E-state index contributed by atoms with van der Waals surface area (Å²) in [7, 11) is 0. The number of carbonyl (C=O) groups excluding carboxylic acids is 2. The van der Waals surface area contributed by atoms with Gasteiger partial charge in [0.2, 0.25) is 6.04 Å². The fraction of sp³-hybridized carbons (Fsp3) is 0.176. The number of nitrogens with one attached hydrogen (secondary N) is 1. The largest absolute Gasteiger partial charge is 0.350 e. The molecule has 1 unspecified atom stereocenters. The lowest BCUT2D eigenvalue weighted by molar-refractivity contribution is -0.129. The lowest BCUT2D eigenvalue weighted by atomic mass is 10.2. The van der Waals surface area contributed by atoms with E-state index in [1.807, 2.05) is 48.5 Å². The smallest absolute Gasteiger partial charge is 0.254 e. The fourth-order valence-corrected chi connectivity index (χ4v) is 1.82. The summed E-state index contributed by atoms with van der Waals surface area (Å²) in [6.45, 7) is 1.68. The average molecular weight is 295 g/mol. The van der Waals surface area contributed by atoms with Crippen molar-refractivity contribution in [3.05, 3.63) is 66.2 Å². The Bertz CT molecular complexity index is 654. The quantitative estimate of drug-likeness (QED) is 0.657. The Kier molecular flexibility index (Phi) is 5.54. The molecule has 2 aromatic rings. The van der Waals surface area contributed by atoms with Gasteiger partial charge in [0.15, 0.2) is 5.78 Å². The molecule has 112 valence electrons. The van der Waals surface area contributed by atoms with Crippen molar-refractivity contribution in [1.29, 1.82) is 0 Å². The number of benzene rings is 2.